The van der Waals surface area contributed by atoms with E-state index in [1.165, 1.54) is 32.4 Å². The van der Waals surface area contributed by atoms with Gasteiger partial charge in [0.25, 0.3) is 0 Å². The highest BCUT2D eigenvalue weighted by Gasteiger charge is 2.17. The van der Waals surface area contributed by atoms with Crippen LogP contribution in [0.25, 0.3) is 0 Å². The van der Waals surface area contributed by atoms with Gasteiger partial charge in [-0.2, -0.15) is 0 Å². The molecule has 4 heteroatoms. The zero-order chi connectivity index (χ0) is 11.9. The molecule has 0 aliphatic carbocycles. The molecule has 2 aliphatic rings. The lowest BCUT2D eigenvalue weighted by atomic mass is 10.1. The minimum Gasteiger partial charge on any atom is -0.376 e. The van der Waals surface area contributed by atoms with Gasteiger partial charge in [0.05, 0.1) is 25.9 Å². The molecule has 0 radical (unpaired) electrons. The number of piperidine rings is 1. The maximum atomic E-state index is 5.62. The number of rotatable bonds is 5. The minimum atomic E-state index is 0.243. The molecule has 2 rings (SSSR count). The van der Waals surface area contributed by atoms with Crippen LogP contribution in [0.1, 0.15) is 26.2 Å². The first kappa shape index (κ1) is 13.3. The van der Waals surface area contributed by atoms with E-state index in [0.717, 1.165) is 32.9 Å². The molecule has 4 nitrogen and oxygen atoms in total. The van der Waals surface area contributed by atoms with Crippen molar-refractivity contribution < 1.29 is 9.47 Å². The average molecular weight is 242 g/mol. The highest BCUT2D eigenvalue weighted by molar-refractivity contribution is 4.73. The molecule has 2 heterocycles. The standard InChI is InChI=1S/C13H26N2O2/c1-12(10-15-5-3-2-4-6-15)14-9-13-11-16-7-8-17-13/h12-14H,2-11H2,1H3. The lowest BCUT2D eigenvalue weighted by molar-refractivity contribution is -0.0871. The van der Waals surface area contributed by atoms with Gasteiger partial charge in [-0.15, -0.1) is 0 Å². The Labute approximate surface area is 105 Å². The highest BCUT2D eigenvalue weighted by Crippen LogP contribution is 2.08. The second kappa shape index (κ2) is 7.31. The van der Waals surface area contributed by atoms with Crippen molar-refractivity contribution in [2.75, 3.05) is 46.0 Å². The maximum Gasteiger partial charge on any atom is 0.0933 e. The molecule has 2 fully saturated rings. The molecule has 2 atom stereocenters. The predicted molar refractivity (Wildman–Crippen MR) is 68.3 cm³/mol. The SMILES string of the molecule is CC(CN1CCCCC1)NCC1COCCO1. The number of hydrogen-bond acceptors (Lipinski definition) is 4. The largest absolute Gasteiger partial charge is 0.376 e. The summed E-state index contributed by atoms with van der Waals surface area (Å²) >= 11 is 0. The topological polar surface area (TPSA) is 33.7 Å². The third-order valence-electron chi connectivity index (χ3n) is 3.56. The van der Waals surface area contributed by atoms with Gasteiger partial charge < -0.3 is 19.7 Å². The number of likely N-dealkylation sites (tertiary alicyclic amines) is 1. The highest BCUT2D eigenvalue weighted by atomic mass is 16.6. The van der Waals surface area contributed by atoms with Crippen molar-refractivity contribution in [2.24, 2.45) is 0 Å². The number of nitrogens with one attached hydrogen (secondary N) is 1. The quantitative estimate of drug-likeness (QED) is 0.775. The van der Waals surface area contributed by atoms with Crippen LogP contribution < -0.4 is 5.32 Å². The van der Waals surface area contributed by atoms with Gasteiger partial charge in [-0.3, -0.25) is 0 Å². The zero-order valence-electron chi connectivity index (χ0n) is 11.0. The van der Waals surface area contributed by atoms with Crippen LogP contribution in [0.2, 0.25) is 0 Å². The van der Waals surface area contributed by atoms with Crippen molar-refractivity contribution in [3.05, 3.63) is 0 Å². The molecule has 0 bridgehead atoms. The van der Waals surface area contributed by atoms with Crippen molar-refractivity contribution in [1.29, 1.82) is 0 Å². The molecule has 2 aliphatic heterocycles. The predicted octanol–water partition coefficient (Wildman–Crippen LogP) is 0.866. The normalized spacial score (nSPS) is 29.1. The molecule has 100 valence electrons. The molecule has 0 spiro atoms. The van der Waals surface area contributed by atoms with Gasteiger partial charge in [-0.1, -0.05) is 6.42 Å². The monoisotopic (exact) mass is 242 g/mol. The summed E-state index contributed by atoms with van der Waals surface area (Å²) in [5.74, 6) is 0. The lowest BCUT2D eigenvalue weighted by Crippen LogP contribution is -2.45. The molecule has 2 saturated heterocycles. The van der Waals surface area contributed by atoms with Crippen LogP contribution in [-0.4, -0.2) is 63.0 Å². The Bertz CT molecular complexity index is 202. The Kier molecular flexibility index (Phi) is 5.71. The fourth-order valence-corrected chi connectivity index (χ4v) is 2.58. The van der Waals surface area contributed by atoms with Gasteiger partial charge >= 0.3 is 0 Å². The zero-order valence-corrected chi connectivity index (χ0v) is 11.0. The Morgan fingerprint density at radius 3 is 2.76 bits per heavy atom. The summed E-state index contributed by atoms with van der Waals surface area (Å²) in [6.45, 7) is 9.11. The van der Waals surface area contributed by atoms with Gasteiger partial charge in [0.2, 0.25) is 0 Å². The summed E-state index contributed by atoms with van der Waals surface area (Å²) in [5.41, 5.74) is 0. The smallest absolute Gasteiger partial charge is 0.0933 e. The second-order valence-electron chi connectivity index (χ2n) is 5.24. The Hall–Kier alpha value is -0.160. The maximum absolute atomic E-state index is 5.62. The number of nitrogens with zero attached hydrogens (tertiary/aromatic N) is 1. The van der Waals surface area contributed by atoms with Gasteiger partial charge in [-0.25, -0.2) is 0 Å². The van der Waals surface area contributed by atoms with Gasteiger partial charge in [0.15, 0.2) is 0 Å². The Morgan fingerprint density at radius 2 is 2.06 bits per heavy atom. The van der Waals surface area contributed by atoms with E-state index in [-0.39, 0.29) is 6.10 Å². The average Bonchev–Trinajstić information content (AvgIpc) is 2.39. The van der Waals surface area contributed by atoms with Crippen LogP contribution in [-0.2, 0) is 9.47 Å². The van der Waals surface area contributed by atoms with E-state index in [4.69, 9.17) is 9.47 Å². The van der Waals surface area contributed by atoms with E-state index in [0.29, 0.717) is 6.04 Å². The molecule has 0 amide bonds. The summed E-state index contributed by atoms with van der Waals surface area (Å²) in [6, 6.07) is 0.540. The first-order valence-electron chi connectivity index (χ1n) is 6.99. The van der Waals surface area contributed by atoms with E-state index >= 15 is 0 Å². The van der Waals surface area contributed by atoms with E-state index in [9.17, 15) is 0 Å². The van der Waals surface area contributed by atoms with Crippen LogP contribution in [0.5, 0.6) is 0 Å². The third-order valence-corrected chi connectivity index (χ3v) is 3.56. The van der Waals surface area contributed by atoms with Crippen LogP contribution in [0.3, 0.4) is 0 Å². The molecular formula is C13H26N2O2. The Morgan fingerprint density at radius 1 is 1.24 bits per heavy atom. The molecule has 0 saturated carbocycles. The van der Waals surface area contributed by atoms with Crippen LogP contribution in [0.4, 0.5) is 0 Å². The summed E-state index contributed by atoms with van der Waals surface area (Å²) in [4.78, 5) is 2.57. The summed E-state index contributed by atoms with van der Waals surface area (Å²) in [5, 5.41) is 3.55. The Balaban J connectivity index is 1.57. The number of hydrogen-bond donors (Lipinski definition) is 1. The molecule has 0 aromatic heterocycles. The van der Waals surface area contributed by atoms with Crippen molar-refractivity contribution in [3.63, 3.8) is 0 Å². The van der Waals surface area contributed by atoms with Crippen LogP contribution in [0.15, 0.2) is 0 Å². The van der Waals surface area contributed by atoms with Crippen molar-refractivity contribution in [3.8, 4) is 0 Å². The molecule has 17 heavy (non-hydrogen) atoms. The fourth-order valence-electron chi connectivity index (χ4n) is 2.58. The van der Waals surface area contributed by atoms with Crippen LogP contribution in [0, 0.1) is 0 Å². The van der Waals surface area contributed by atoms with Crippen molar-refractivity contribution >= 4 is 0 Å². The molecule has 0 aromatic rings. The number of ether oxygens (including phenoxy) is 2. The summed E-state index contributed by atoms with van der Waals surface area (Å²) in [7, 11) is 0. The fraction of sp³-hybridized carbons (Fsp3) is 1.00. The molecule has 1 N–H and O–H groups in total. The van der Waals surface area contributed by atoms with E-state index < -0.39 is 0 Å². The summed E-state index contributed by atoms with van der Waals surface area (Å²) in [6.07, 6.45) is 4.39. The van der Waals surface area contributed by atoms with E-state index in [1.54, 1.807) is 0 Å². The van der Waals surface area contributed by atoms with E-state index in [1.807, 2.05) is 0 Å². The molecule has 0 aromatic carbocycles. The first-order chi connectivity index (χ1) is 8.34. The van der Waals surface area contributed by atoms with Gasteiger partial charge in [0, 0.05) is 19.1 Å². The second-order valence-corrected chi connectivity index (χ2v) is 5.24. The molecular weight excluding hydrogens is 216 g/mol. The first-order valence-corrected chi connectivity index (χ1v) is 6.99. The van der Waals surface area contributed by atoms with Crippen LogP contribution >= 0.6 is 0 Å². The van der Waals surface area contributed by atoms with Gasteiger partial charge in [-0.05, 0) is 32.9 Å². The lowest BCUT2D eigenvalue weighted by Gasteiger charge is -2.30. The van der Waals surface area contributed by atoms with Gasteiger partial charge in [0.1, 0.15) is 0 Å². The summed E-state index contributed by atoms with van der Waals surface area (Å²) < 4.78 is 11.0. The van der Waals surface area contributed by atoms with E-state index in [2.05, 4.69) is 17.1 Å². The van der Waals surface area contributed by atoms with Crippen molar-refractivity contribution in [2.45, 2.75) is 38.3 Å². The minimum absolute atomic E-state index is 0.243. The van der Waals surface area contributed by atoms with Crippen molar-refractivity contribution in [1.82, 2.24) is 10.2 Å². The molecule has 2 unspecified atom stereocenters. The third kappa shape index (κ3) is 4.92.